The molecule has 0 aliphatic rings. The molecule has 0 aliphatic heterocycles. The molecule has 114 valence electrons. The van der Waals surface area contributed by atoms with Crippen LogP contribution >= 0.6 is 0 Å². The smallest absolute Gasteiger partial charge is 0.222 e. The molecule has 0 aliphatic carbocycles. The average molecular weight is 299 g/mol. The van der Waals surface area contributed by atoms with Gasteiger partial charge in [-0.25, -0.2) is 9.97 Å². The number of hydrogen-bond donors (Lipinski definition) is 1. The molecular formula is C15H17N5O2. The molecule has 0 unspecified atom stereocenters. The van der Waals surface area contributed by atoms with Crippen LogP contribution in [0.25, 0.3) is 16.7 Å². The molecule has 0 saturated heterocycles. The van der Waals surface area contributed by atoms with Crippen LogP contribution in [0.4, 0.5) is 5.82 Å². The number of anilines is 1. The van der Waals surface area contributed by atoms with Gasteiger partial charge in [0, 0.05) is 19.4 Å². The Bertz CT molecular complexity index is 885. The van der Waals surface area contributed by atoms with Crippen molar-refractivity contribution in [3.63, 3.8) is 0 Å². The Morgan fingerprint density at radius 2 is 2.09 bits per heavy atom. The second kappa shape index (κ2) is 5.25. The van der Waals surface area contributed by atoms with Crippen LogP contribution < -0.4 is 10.1 Å². The topological polar surface area (TPSA) is 81.4 Å². The van der Waals surface area contributed by atoms with E-state index in [1.165, 1.54) is 6.92 Å². The Labute approximate surface area is 127 Å². The third-order valence-corrected chi connectivity index (χ3v) is 3.44. The van der Waals surface area contributed by atoms with Crippen molar-refractivity contribution in [2.75, 3.05) is 12.4 Å². The summed E-state index contributed by atoms with van der Waals surface area (Å²) in [6, 6.07) is 3.56. The molecule has 22 heavy (non-hydrogen) atoms. The Morgan fingerprint density at radius 3 is 2.73 bits per heavy atom. The van der Waals surface area contributed by atoms with Crippen LogP contribution in [0.1, 0.15) is 25.4 Å². The van der Waals surface area contributed by atoms with Gasteiger partial charge in [-0.15, -0.1) is 0 Å². The van der Waals surface area contributed by atoms with Crippen LogP contribution in [0.5, 0.6) is 5.88 Å². The van der Waals surface area contributed by atoms with E-state index in [0.717, 1.165) is 23.5 Å². The predicted molar refractivity (Wildman–Crippen MR) is 83.3 cm³/mol. The number of methoxy groups -OCH3 is 1. The van der Waals surface area contributed by atoms with Crippen molar-refractivity contribution in [1.29, 1.82) is 0 Å². The number of aryl methyl sites for hydroxylation is 2. The summed E-state index contributed by atoms with van der Waals surface area (Å²) >= 11 is 0. The number of fused-ring (bicyclic) bond motifs is 3. The Balaban J connectivity index is 2.46. The number of imidazole rings is 1. The highest BCUT2D eigenvalue weighted by Crippen LogP contribution is 2.26. The van der Waals surface area contributed by atoms with E-state index < -0.39 is 0 Å². The summed E-state index contributed by atoms with van der Waals surface area (Å²) < 4.78 is 7.14. The van der Waals surface area contributed by atoms with Crippen molar-refractivity contribution in [3.8, 4) is 5.88 Å². The second-order valence-corrected chi connectivity index (χ2v) is 4.99. The van der Waals surface area contributed by atoms with Gasteiger partial charge < -0.3 is 10.1 Å². The molecule has 7 heteroatoms. The summed E-state index contributed by atoms with van der Waals surface area (Å²) in [5.41, 5.74) is 2.91. The molecule has 0 fully saturated rings. The minimum absolute atomic E-state index is 0.172. The number of aromatic nitrogens is 4. The first kappa shape index (κ1) is 14.2. The number of hydrogen-bond acceptors (Lipinski definition) is 5. The van der Waals surface area contributed by atoms with Gasteiger partial charge in [0.1, 0.15) is 16.9 Å². The quantitative estimate of drug-likeness (QED) is 0.801. The van der Waals surface area contributed by atoms with E-state index in [9.17, 15) is 4.79 Å². The number of nitrogens with one attached hydrogen (secondary N) is 1. The molecular weight excluding hydrogens is 282 g/mol. The number of carbonyl (C=O) groups is 1. The fourth-order valence-electron chi connectivity index (χ4n) is 2.55. The number of rotatable bonds is 3. The maximum Gasteiger partial charge on any atom is 0.222 e. The van der Waals surface area contributed by atoms with Gasteiger partial charge in [-0.2, -0.15) is 4.98 Å². The molecule has 1 amide bonds. The molecule has 0 radical (unpaired) electrons. The molecule has 0 spiro atoms. The zero-order chi connectivity index (χ0) is 15.9. The molecule has 3 aromatic heterocycles. The van der Waals surface area contributed by atoms with Crippen molar-refractivity contribution < 1.29 is 9.53 Å². The third kappa shape index (κ3) is 2.14. The van der Waals surface area contributed by atoms with Crippen LogP contribution in [-0.2, 0) is 11.2 Å². The highest BCUT2D eigenvalue weighted by molar-refractivity contribution is 5.95. The fourth-order valence-corrected chi connectivity index (χ4v) is 2.55. The summed E-state index contributed by atoms with van der Waals surface area (Å²) in [6.07, 6.45) is 0.743. The van der Waals surface area contributed by atoms with Crippen LogP contribution in [-0.4, -0.2) is 32.4 Å². The Kier molecular flexibility index (Phi) is 3.40. The first-order chi connectivity index (χ1) is 10.5. The van der Waals surface area contributed by atoms with E-state index in [2.05, 4.69) is 20.3 Å². The first-order valence-corrected chi connectivity index (χ1v) is 7.05. The summed E-state index contributed by atoms with van der Waals surface area (Å²) in [5.74, 6) is 1.70. The molecule has 0 aromatic carbocycles. The molecule has 1 N–H and O–H groups in total. The van der Waals surface area contributed by atoms with Crippen LogP contribution in [0.3, 0.4) is 0 Å². The van der Waals surface area contributed by atoms with E-state index in [1.54, 1.807) is 13.2 Å². The molecule has 0 saturated carbocycles. The van der Waals surface area contributed by atoms with Gasteiger partial charge in [0.05, 0.1) is 12.8 Å². The standard InChI is InChI=1S/C15H17N5O2/c1-5-11-16-8(2)13-14(17-9(3)21)18-10-6-7-12(22-4)19-15(10)20(11)13/h6-7H,5H2,1-4H3,(H,17,18,21). The second-order valence-electron chi connectivity index (χ2n) is 4.99. The van der Waals surface area contributed by atoms with Gasteiger partial charge in [0.15, 0.2) is 11.5 Å². The maximum atomic E-state index is 11.5. The van der Waals surface area contributed by atoms with E-state index in [4.69, 9.17) is 4.74 Å². The Hall–Kier alpha value is -2.70. The van der Waals surface area contributed by atoms with Crippen molar-refractivity contribution in [2.45, 2.75) is 27.2 Å². The first-order valence-electron chi connectivity index (χ1n) is 7.05. The normalized spacial score (nSPS) is 11.1. The number of carbonyl (C=O) groups excluding carboxylic acids is 1. The van der Waals surface area contributed by atoms with Gasteiger partial charge in [0.25, 0.3) is 0 Å². The van der Waals surface area contributed by atoms with Crippen LogP contribution in [0.2, 0.25) is 0 Å². The van der Waals surface area contributed by atoms with Gasteiger partial charge in [-0.05, 0) is 13.0 Å². The number of amides is 1. The zero-order valence-electron chi connectivity index (χ0n) is 13.0. The van der Waals surface area contributed by atoms with Crippen LogP contribution in [0, 0.1) is 6.92 Å². The van der Waals surface area contributed by atoms with E-state index in [0.29, 0.717) is 22.9 Å². The lowest BCUT2D eigenvalue weighted by atomic mass is 10.3. The highest BCUT2D eigenvalue weighted by atomic mass is 16.5. The lowest BCUT2D eigenvalue weighted by Crippen LogP contribution is -2.10. The van der Waals surface area contributed by atoms with Crippen LogP contribution in [0.15, 0.2) is 12.1 Å². The van der Waals surface area contributed by atoms with Gasteiger partial charge in [-0.1, -0.05) is 6.92 Å². The monoisotopic (exact) mass is 299 g/mol. The molecule has 3 aromatic rings. The summed E-state index contributed by atoms with van der Waals surface area (Å²) in [5, 5.41) is 2.78. The summed E-state index contributed by atoms with van der Waals surface area (Å²) in [4.78, 5) is 25.0. The minimum atomic E-state index is -0.172. The number of pyridine rings is 1. The molecule has 7 nitrogen and oxygen atoms in total. The predicted octanol–water partition coefficient (Wildman–Crippen LogP) is 2.12. The van der Waals surface area contributed by atoms with E-state index in [-0.39, 0.29) is 5.91 Å². The maximum absolute atomic E-state index is 11.5. The van der Waals surface area contributed by atoms with E-state index >= 15 is 0 Å². The van der Waals surface area contributed by atoms with Crippen molar-refractivity contribution >= 4 is 28.4 Å². The lowest BCUT2D eigenvalue weighted by molar-refractivity contribution is -0.114. The molecule has 3 heterocycles. The summed E-state index contributed by atoms with van der Waals surface area (Å²) in [7, 11) is 1.57. The van der Waals surface area contributed by atoms with Crippen molar-refractivity contribution in [3.05, 3.63) is 23.7 Å². The zero-order valence-corrected chi connectivity index (χ0v) is 13.0. The number of nitrogens with zero attached hydrogens (tertiary/aromatic N) is 4. The third-order valence-electron chi connectivity index (χ3n) is 3.44. The van der Waals surface area contributed by atoms with Crippen molar-refractivity contribution in [2.24, 2.45) is 0 Å². The van der Waals surface area contributed by atoms with Gasteiger partial charge >= 0.3 is 0 Å². The SMILES string of the molecule is CCc1nc(C)c2c(NC(C)=O)nc3ccc(OC)nc3n12. The van der Waals surface area contributed by atoms with Gasteiger partial charge in [0.2, 0.25) is 11.8 Å². The van der Waals surface area contributed by atoms with Crippen molar-refractivity contribution in [1.82, 2.24) is 19.4 Å². The minimum Gasteiger partial charge on any atom is -0.481 e. The molecule has 0 bridgehead atoms. The Morgan fingerprint density at radius 1 is 1.32 bits per heavy atom. The lowest BCUT2D eigenvalue weighted by Gasteiger charge is -2.10. The van der Waals surface area contributed by atoms with Gasteiger partial charge in [-0.3, -0.25) is 9.20 Å². The molecule has 3 rings (SSSR count). The van der Waals surface area contributed by atoms with E-state index in [1.807, 2.05) is 24.3 Å². The fraction of sp³-hybridized carbons (Fsp3) is 0.333. The molecule has 0 atom stereocenters. The summed E-state index contributed by atoms with van der Waals surface area (Å²) in [6.45, 7) is 5.38. The average Bonchev–Trinajstić information content (AvgIpc) is 2.84. The number of ether oxygens (including phenoxy) is 1. The highest BCUT2D eigenvalue weighted by Gasteiger charge is 2.17. The largest absolute Gasteiger partial charge is 0.481 e.